The molecule has 0 bridgehead atoms. The summed E-state index contributed by atoms with van der Waals surface area (Å²) in [7, 11) is 0. The highest BCUT2D eigenvalue weighted by Gasteiger charge is 2.14. The average molecular weight is 316 g/mol. The molecule has 4 nitrogen and oxygen atoms in total. The first-order valence-corrected chi connectivity index (χ1v) is 7.80. The van der Waals surface area contributed by atoms with Crippen molar-refractivity contribution in [1.82, 2.24) is 15.3 Å². The molecule has 0 aromatic carbocycles. The number of ether oxygens (including phenoxy) is 1. The van der Waals surface area contributed by atoms with E-state index in [-0.39, 0.29) is 0 Å². The molecule has 1 atom stereocenters. The number of pyridine rings is 2. The van der Waals surface area contributed by atoms with Crippen LogP contribution in [0.5, 0.6) is 5.75 Å². The summed E-state index contributed by atoms with van der Waals surface area (Å²) >= 11 is 6.14. The Labute approximate surface area is 135 Å². The normalized spacial score (nSPS) is 18.0. The second kappa shape index (κ2) is 7.38. The summed E-state index contributed by atoms with van der Waals surface area (Å²) in [5, 5.41) is 3.86. The fourth-order valence-corrected chi connectivity index (χ4v) is 2.55. The van der Waals surface area contributed by atoms with Crippen molar-refractivity contribution >= 4 is 23.8 Å². The Kier molecular flexibility index (Phi) is 5.03. The van der Waals surface area contributed by atoms with Crippen LogP contribution in [-0.4, -0.2) is 29.2 Å². The lowest BCUT2D eigenvalue weighted by atomic mass is 10.2. The fraction of sp³-hybridized carbons (Fsp3) is 0.294. The molecule has 2 aromatic heterocycles. The van der Waals surface area contributed by atoms with Crippen LogP contribution in [0.3, 0.4) is 0 Å². The zero-order valence-corrected chi connectivity index (χ0v) is 13.0. The molecule has 5 heteroatoms. The molecular weight excluding hydrogens is 298 g/mol. The summed E-state index contributed by atoms with van der Waals surface area (Å²) in [4.78, 5) is 8.43. The minimum Gasteiger partial charge on any atom is -0.490 e. The van der Waals surface area contributed by atoms with Crippen molar-refractivity contribution in [2.75, 3.05) is 13.2 Å². The van der Waals surface area contributed by atoms with Gasteiger partial charge in [0.05, 0.1) is 11.9 Å². The van der Waals surface area contributed by atoms with Gasteiger partial charge in [-0.25, -0.2) is 4.98 Å². The third-order valence-electron chi connectivity index (χ3n) is 3.58. The van der Waals surface area contributed by atoms with Crippen molar-refractivity contribution < 1.29 is 4.74 Å². The first-order valence-electron chi connectivity index (χ1n) is 7.42. The van der Waals surface area contributed by atoms with E-state index in [1.54, 1.807) is 12.4 Å². The molecule has 2 aromatic rings. The van der Waals surface area contributed by atoms with Gasteiger partial charge in [-0.3, -0.25) is 4.98 Å². The van der Waals surface area contributed by atoms with Crippen LogP contribution in [-0.2, 0) is 0 Å². The Morgan fingerprint density at radius 1 is 1.32 bits per heavy atom. The zero-order valence-electron chi connectivity index (χ0n) is 12.2. The number of hydrogen-bond acceptors (Lipinski definition) is 4. The van der Waals surface area contributed by atoms with E-state index in [0.29, 0.717) is 17.8 Å². The smallest absolute Gasteiger partial charge is 0.138 e. The molecule has 114 valence electrons. The minimum absolute atomic E-state index is 0.434. The number of aromatic nitrogens is 2. The topological polar surface area (TPSA) is 47.0 Å². The minimum atomic E-state index is 0.434. The first-order chi connectivity index (χ1) is 10.8. The lowest BCUT2D eigenvalue weighted by Gasteiger charge is -2.12. The van der Waals surface area contributed by atoms with E-state index in [4.69, 9.17) is 16.3 Å². The van der Waals surface area contributed by atoms with E-state index in [1.807, 2.05) is 36.4 Å². The number of nitrogens with one attached hydrogen (secondary N) is 1. The Morgan fingerprint density at radius 3 is 3.05 bits per heavy atom. The quantitative estimate of drug-likeness (QED) is 0.859. The Balaban J connectivity index is 1.68. The molecule has 0 radical (unpaired) electrons. The maximum absolute atomic E-state index is 6.14. The first kappa shape index (κ1) is 15.0. The van der Waals surface area contributed by atoms with E-state index < -0.39 is 0 Å². The van der Waals surface area contributed by atoms with Gasteiger partial charge in [0.25, 0.3) is 0 Å². The summed E-state index contributed by atoms with van der Waals surface area (Å²) < 4.78 is 5.80. The van der Waals surface area contributed by atoms with E-state index in [9.17, 15) is 0 Å². The van der Waals surface area contributed by atoms with Crippen LogP contribution < -0.4 is 10.1 Å². The molecule has 0 amide bonds. The number of nitrogens with zero attached hydrogens (tertiary/aromatic N) is 2. The lowest BCUT2D eigenvalue weighted by Crippen LogP contribution is -2.28. The Bertz CT molecular complexity index is 640. The molecule has 22 heavy (non-hydrogen) atoms. The highest BCUT2D eigenvalue weighted by molar-refractivity contribution is 6.31. The van der Waals surface area contributed by atoms with Crippen molar-refractivity contribution in [3.63, 3.8) is 0 Å². The van der Waals surface area contributed by atoms with E-state index in [0.717, 1.165) is 30.0 Å². The lowest BCUT2D eigenvalue weighted by molar-refractivity contribution is 0.276. The van der Waals surface area contributed by atoms with Crippen LogP contribution in [0.1, 0.15) is 24.1 Å². The van der Waals surface area contributed by atoms with E-state index >= 15 is 0 Å². The third kappa shape index (κ3) is 4.06. The molecule has 1 N–H and O–H groups in total. The van der Waals surface area contributed by atoms with Gasteiger partial charge in [-0.15, -0.1) is 0 Å². The summed E-state index contributed by atoms with van der Waals surface area (Å²) in [6.07, 6.45) is 9.60. The van der Waals surface area contributed by atoms with Gasteiger partial charge < -0.3 is 10.1 Å². The monoisotopic (exact) mass is 315 g/mol. The molecular formula is C17H18ClN3O. The molecule has 0 saturated carbocycles. The van der Waals surface area contributed by atoms with Gasteiger partial charge in [-0.2, -0.15) is 0 Å². The molecule has 1 unspecified atom stereocenters. The maximum Gasteiger partial charge on any atom is 0.138 e. The maximum atomic E-state index is 6.14. The van der Waals surface area contributed by atoms with Gasteiger partial charge in [0.15, 0.2) is 0 Å². The molecule has 1 aliphatic heterocycles. The average Bonchev–Trinajstić information content (AvgIpc) is 3.07. The van der Waals surface area contributed by atoms with Gasteiger partial charge in [-0.05, 0) is 49.7 Å². The largest absolute Gasteiger partial charge is 0.490 e. The summed E-state index contributed by atoms with van der Waals surface area (Å²) in [6, 6.07) is 8.11. The van der Waals surface area contributed by atoms with Crippen molar-refractivity contribution in [3.05, 3.63) is 53.1 Å². The molecule has 3 rings (SSSR count). The highest BCUT2D eigenvalue weighted by atomic mass is 35.5. The van der Waals surface area contributed by atoms with Crippen LogP contribution >= 0.6 is 11.6 Å². The molecule has 1 aliphatic rings. The number of rotatable bonds is 5. The highest BCUT2D eigenvalue weighted by Crippen LogP contribution is 2.22. The van der Waals surface area contributed by atoms with Crippen molar-refractivity contribution in [1.29, 1.82) is 0 Å². The van der Waals surface area contributed by atoms with Crippen molar-refractivity contribution in [2.45, 2.75) is 18.9 Å². The van der Waals surface area contributed by atoms with Gasteiger partial charge in [0, 0.05) is 17.8 Å². The van der Waals surface area contributed by atoms with Crippen LogP contribution in [0.15, 0.2) is 36.7 Å². The Morgan fingerprint density at radius 2 is 2.27 bits per heavy atom. The summed E-state index contributed by atoms with van der Waals surface area (Å²) in [5.74, 6) is 0.735. The number of halogens is 1. The van der Waals surface area contributed by atoms with Crippen molar-refractivity contribution in [2.24, 2.45) is 0 Å². The van der Waals surface area contributed by atoms with E-state index in [2.05, 4.69) is 15.3 Å². The van der Waals surface area contributed by atoms with Crippen LogP contribution in [0.25, 0.3) is 12.2 Å². The third-order valence-corrected chi connectivity index (χ3v) is 3.89. The molecule has 1 saturated heterocycles. The van der Waals surface area contributed by atoms with Gasteiger partial charge in [-0.1, -0.05) is 17.7 Å². The molecule has 3 heterocycles. The number of hydrogen-bond donors (Lipinski definition) is 1. The van der Waals surface area contributed by atoms with Crippen LogP contribution in [0.4, 0.5) is 0 Å². The van der Waals surface area contributed by atoms with Crippen LogP contribution in [0, 0.1) is 0 Å². The Hall–Kier alpha value is -1.91. The molecule has 0 spiro atoms. The fourth-order valence-electron chi connectivity index (χ4n) is 2.39. The van der Waals surface area contributed by atoms with Crippen LogP contribution in [0.2, 0.25) is 5.15 Å². The summed E-state index contributed by atoms with van der Waals surface area (Å²) in [5.41, 5.74) is 1.70. The second-order valence-electron chi connectivity index (χ2n) is 5.24. The predicted molar refractivity (Wildman–Crippen MR) is 88.9 cm³/mol. The van der Waals surface area contributed by atoms with Gasteiger partial charge in [0.2, 0.25) is 0 Å². The molecule has 1 fully saturated rings. The van der Waals surface area contributed by atoms with Crippen molar-refractivity contribution in [3.8, 4) is 5.75 Å². The second-order valence-corrected chi connectivity index (χ2v) is 5.60. The molecule has 0 aliphatic carbocycles. The standard InChI is InChI=1S/C17H18ClN3O/c18-17-13(6-7-14-4-1-2-8-19-14)10-16(11-21-17)22-12-15-5-3-9-20-15/h1-2,4,6-8,10-11,15,20H,3,5,9,12H2/b7-6+. The zero-order chi connectivity index (χ0) is 15.2. The SMILES string of the molecule is Clc1ncc(OCC2CCCN2)cc1/C=C/c1ccccn1. The summed E-state index contributed by atoms with van der Waals surface area (Å²) in [6.45, 7) is 1.73. The van der Waals surface area contributed by atoms with Gasteiger partial charge in [0.1, 0.15) is 17.5 Å². The predicted octanol–water partition coefficient (Wildman–Crippen LogP) is 3.43. The van der Waals surface area contributed by atoms with Gasteiger partial charge >= 0.3 is 0 Å². The van der Waals surface area contributed by atoms with E-state index in [1.165, 1.54) is 6.42 Å².